The minimum Gasteiger partial charge on any atom is -0.507 e. The second-order valence-electron chi connectivity index (χ2n) is 3.69. The first-order valence-electron chi connectivity index (χ1n) is 5.65. The number of phenols is 1. The van der Waals surface area contributed by atoms with Crippen LogP contribution in [0.2, 0.25) is 0 Å². The van der Waals surface area contributed by atoms with Crippen LogP contribution < -0.4 is 15.5 Å². The Labute approximate surface area is 118 Å². The summed E-state index contributed by atoms with van der Waals surface area (Å²) in [6.45, 7) is 5.90. The van der Waals surface area contributed by atoms with Crippen LogP contribution in [0.25, 0.3) is 0 Å². The molecule has 0 radical (unpaired) electrons. The highest BCUT2D eigenvalue weighted by atomic mass is 32.1. The lowest BCUT2D eigenvalue weighted by atomic mass is 10.1. The van der Waals surface area contributed by atoms with E-state index in [0.29, 0.717) is 28.7 Å². The van der Waals surface area contributed by atoms with Crippen LogP contribution in [0.5, 0.6) is 11.5 Å². The fraction of sp³-hybridized carbons (Fsp3) is 0.231. The molecule has 0 aliphatic carbocycles. The molecule has 0 aliphatic rings. The minimum absolute atomic E-state index is 0.104. The van der Waals surface area contributed by atoms with Crippen molar-refractivity contribution >= 4 is 23.0 Å². The Morgan fingerprint density at radius 1 is 1.58 bits per heavy atom. The molecule has 0 aromatic heterocycles. The van der Waals surface area contributed by atoms with Crippen LogP contribution in [0.1, 0.15) is 12.5 Å². The molecule has 3 N–H and O–H groups in total. The fourth-order valence-corrected chi connectivity index (χ4v) is 1.47. The van der Waals surface area contributed by atoms with Crippen LogP contribution >= 0.6 is 12.2 Å². The molecule has 5 nitrogen and oxygen atoms in total. The molecule has 0 unspecified atom stereocenters. The molecule has 1 rings (SSSR count). The van der Waals surface area contributed by atoms with Gasteiger partial charge in [-0.1, -0.05) is 6.08 Å². The number of hydrazone groups is 1. The molecular formula is C13H17N3O2S. The third kappa shape index (κ3) is 4.59. The molecule has 0 spiro atoms. The number of nitrogens with one attached hydrogen (secondary N) is 2. The monoisotopic (exact) mass is 279 g/mol. The van der Waals surface area contributed by atoms with Gasteiger partial charge < -0.3 is 15.2 Å². The first kappa shape index (κ1) is 15.0. The number of hydrogen-bond acceptors (Lipinski definition) is 4. The van der Waals surface area contributed by atoms with Crippen molar-refractivity contribution in [2.24, 2.45) is 5.10 Å². The number of aromatic hydroxyl groups is 1. The van der Waals surface area contributed by atoms with Crippen molar-refractivity contribution in [3.63, 3.8) is 0 Å². The second-order valence-corrected chi connectivity index (χ2v) is 4.10. The third-order valence-corrected chi connectivity index (χ3v) is 2.56. The Balaban J connectivity index is 2.73. The SMILES string of the molecule is C=CCNC(=S)NN=C(C)c1ccc(OC)cc1O. The van der Waals surface area contributed by atoms with Gasteiger partial charge in [-0.2, -0.15) is 5.10 Å². The molecule has 0 saturated carbocycles. The van der Waals surface area contributed by atoms with E-state index in [4.69, 9.17) is 17.0 Å². The zero-order valence-electron chi connectivity index (χ0n) is 10.9. The molecule has 0 saturated heterocycles. The maximum atomic E-state index is 9.85. The van der Waals surface area contributed by atoms with Crippen molar-refractivity contribution in [1.82, 2.24) is 10.7 Å². The molecule has 19 heavy (non-hydrogen) atoms. The maximum absolute atomic E-state index is 9.85. The maximum Gasteiger partial charge on any atom is 0.187 e. The van der Waals surface area contributed by atoms with Gasteiger partial charge in [0, 0.05) is 18.2 Å². The van der Waals surface area contributed by atoms with Crippen molar-refractivity contribution in [2.45, 2.75) is 6.92 Å². The largest absolute Gasteiger partial charge is 0.507 e. The Hall–Kier alpha value is -2.08. The van der Waals surface area contributed by atoms with E-state index in [1.807, 2.05) is 0 Å². The molecule has 0 heterocycles. The van der Waals surface area contributed by atoms with E-state index in [-0.39, 0.29) is 5.75 Å². The smallest absolute Gasteiger partial charge is 0.187 e. The number of benzene rings is 1. The summed E-state index contributed by atoms with van der Waals surface area (Å²) in [5.41, 5.74) is 3.91. The summed E-state index contributed by atoms with van der Waals surface area (Å²) in [6, 6.07) is 5.01. The number of rotatable bonds is 5. The quantitative estimate of drug-likeness (QED) is 0.332. The van der Waals surface area contributed by atoms with Gasteiger partial charge in [0.15, 0.2) is 5.11 Å². The molecule has 0 bridgehead atoms. The molecular weight excluding hydrogens is 262 g/mol. The first-order valence-corrected chi connectivity index (χ1v) is 6.05. The van der Waals surface area contributed by atoms with Crippen LogP contribution in [-0.2, 0) is 0 Å². The highest BCUT2D eigenvalue weighted by molar-refractivity contribution is 7.80. The van der Waals surface area contributed by atoms with E-state index in [1.54, 1.807) is 32.2 Å². The summed E-state index contributed by atoms with van der Waals surface area (Å²) >= 11 is 5.00. The highest BCUT2D eigenvalue weighted by Gasteiger charge is 2.06. The second kappa shape index (κ2) is 7.38. The van der Waals surface area contributed by atoms with Crippen molar-refractivity contribution in [3.05, 3.63) is 36.4 Å². The molecule has 0 aliphatic heterocycles. The van der Waals surface area contributed by atoms with Gasteiger partial charge in [-0.25, -0.2) is 0 Å². The van der Waals surface area contributed by atoms with E-state index in [0.717, 1.165) is 0 Å². The highest BCUT2D eigenvalue weighted by Crippen LogP contribution is 2.23. The summed E-state index contributed by atoms with van der Waals surface area (Å²) in [5.74, 6) is 0.692. The zero-order chi connectivity index (χ0) is 14.3. The number of methoxy groups -OCH3 is 1. The summed E-state index contributed by atoms with van der Waals surface area (Å²) < 4.78 is 5.02. The average Bonchev–Trinajstić information content (AvgIpc) is 2.42. The third-order valence-electron chi connectivity index (χ3n) is 2.33. The lowest BCUT2D eigenvalue weighted by Crippen LogP contribution is -2.32. The van der Waals surface area contributed by atoms with Crippen molar-refractivity contribution < 1.29 is 9.84 Å². The van der Waals surface area contributed by atoms with Crippen molar-refractivity contribution in [2.75, 3.05) is 13.7 Å². The standard InChI is InChI=1S/C13H17N3O2S/c1-4-7-14-13(19)16-15-9(2)11-6-5-10(18-3)8-12(11)17/h4-6,8,17H,1,7H2,2-3H3,(H2,14,16,19). The van der Waals surface area contributed by atoms with Crippen LogP contribution in [0, 0.1) is 0 Å². The van der Waals surface area contributed by atoms with E-state index in [2.05, 4.69) is 22.4 Å². The van der Waals surface area contributed by atoms with Gasteiger partial charge in [0.25, 0.3) is 0 Å². The molecule has 6 heteroatoms. The Bertz CT molecular complexity index is 501. The van der Waals surface area contributed by atoms with E-state index < -0.39 is 0 Å². The number of nitrogens with zero attached hydrogens (tertiary/aromatic N) is 1. The van der Waals surface area contributed by atoms with Crippen LogP contribution in [-0.4, -0.2) is 29.6 Å². The van der Waals surface area contributed by atoms with Gasteiger partial charge in [0.2, 0.25) is 0 Å². The topological polar surface area (TPSA) is 65.9 Å². The van der Waals surface area contributed by atoms with Crippen LogP contribution in [0.4, 0.5) is 0 Å². The van der Waals surface area contributed by atoms with Gasteiger partial charge in [0.05, 0.1) is 12.8 Å². The molecule has 1 aromatic rings. The molecule has 0 atom stereocenters. The summed E-state index contributed by atoms with van der Waals surface area (Å²) in [6.07, 6.45) is 1.69. The number of hydrogen-bond donors (Lipinski definition) is 3. The number of thiocarbonyl (C=S) groups is 1. The summed E-state index contributed by atoms with van der Waals surface area (Å²) in [4.78, 5) is 0. The van der Waals surface area contributed by atoms with Crippen LogP contribution in [0.3, 0.4) is 0 Å². The number of phenolic OH excluding ortho intramolecular Hbond substituents is 1. The van der Waals surface area contributed by atoms with Gasteiger partial charge in [-0.15, -0.1) is 6.58 Å². The van der Waals surface area contributed by atoms with Gasteiger partial charge in [-0.05, 0) is 31.3 Å². The Kier molecular flexibility index (Phi) is 5.81. The predicted octanol–water partition coefficient (Wildman–Crippen LogP) is 1.77. The first-order chi connectivity index (χ1) is 9.08. The molecule has 102 valence electrons. The van der Waals surface area contributed by atoms with Gasteiger partial charge in [-0.3, -0.25) is 5.43 Å². The summed E-state index contributed by atoms with van der Waals surface area (Å²) in [5, 5.41) is 17.2. The van der Waals surface area contributed by atoms with E-state index >= 15 is 0 Å². The fourth-order valence-electron chi connectivity index (χ4n) is 1.34. The Morgan fingerprint density at radius 3 is 2.89 bits per heavy atom. The van der Waals surface area contributed by atoms with Gasteiger partial charge >= 0.3 is 0 Å². The van der Waals surface area contributed by atoms with Crippen molar-refractivity contribution in [3.8, 4) is 11.5 Å². The normalized spacial score (nSPS) is 10.7. The molecule has 0 fully saturated rings. The lowest BCUT2D eigenvalue weighted by Gasteiger charge is -2.08. The van der Waals surface area contributed by atoms with E-state index in [1.165, 1.54) is 6.07 Å². The Morgan fingerprint density at radius 2 is 2.32 bits per heavy atom. The van der Waals surface area contributed by atoms with Crippen molar-refractivity contribution in [1.29, 1.82) is 0 Å². The predicted molar refractivity (Wildman–Crippen MR) is 80.8 cm³/mol. The molecule has 1 aromatic carbocycles. The lowest BCUT2D eigenvalue weighted by molar-refractivity contribution is 0.407. The zero-order valence-corrected chi connectivity index (χ0v) is 11.8. The minimum atomic E-state index is 0.104. The summed E-state index contributed by atoms with van der Waals surface area (Å²) in [7, 11) is 1.54. The van der Waals surface area contributed by atoms with Gasteiger partial charge in [0.1, 0.15) is 11.5 Å². The average molecular weight is 279 g/mol. The van der Waals surface area contributed by atoms with E-state index in [9.17, 15) is 5.11 Å². The molecule has 0 amide bonds. The number of ether oxygens (including phenoxy) is 1. The van der Waals surface area contributed by atoms with Crippen LogP contribution in [0.15, 0.2) is 36.0 Å².